The maximum Gasteiger partial charge on any atom is 0.315 e. The predicted molar refractivity (Wildman–Crippen MR) is 211 cm³/mol. The Labute approximate surface area is 328 Å². The van der Waals surface area contributed by atoms with Crippen LogP contribution in [0.3, 0.4) is 0 Å². The number of Topliss-reactive ketones (excluding diaryl/α,β-unsaturated/α-hetero) is 1. The van der Waals surface area contributed by atoms with Crippen molar-refractivity contribution in [1.82, 2.24) is 26.2 Å². The van der Waals surface area contributed by atoms with E-state index in [1.165, 1.54) is 6.08 Å². The molecule has 7 aliphatic rings. The van der Waals surface area contributed by atoms with Crippen molar-refractivity contribution in [2.24, 2.45) is 45.8 Å². The van der Waals surface area contributed by atoms with Gasteiger partial charge in [-0.15, -0.1) is 6.58 Å². The normalized spacial score (nSPS) is 32.4. The highest BCUT2D eigenvalue weighted by Gasteiger charge is 2.70. The number of rotatable bonds is 14. The lowest BCUT2D eigenvalue weighted by Gasteiger charge is -2.65. The van der Waals surface area contributed by atoms with Crippen LogP contribution in [-0.4, -0.2) is 90.1 Å². The molecule has 1 aliphatic heterocycles. The molecule has 55 heavy (non-hydrogen) atoms. The third-order valence-corrected chi connectivity index (χ3v) is 18.1. The van der Waals surface area contributed by atoms with Gasteiger partial charge in [0.1, 0.15) is 12.1 Å². The molecule has 0 spiro atoms. The first-order valence-electron chi connectivity index (χ1n) is 20.8. The third kappa shape index (κ3) is 7.73. The van der Waals surface area contributed by atoms with Gasteiger partial charge < -0.3 is 26.2 Å². The van der Waals surface area contributed by atoms with Gasteiger partial charge in [-0.25, -0.2) is 13.2 Å². The number of hydrogen-bond donors (Lipinski definition) is 4. The van der Waals surface area contributed by atoms with Gasteiger partial charge >= 0.3 is 6.03 Å². The number of hydrogen-bond acceptors (Lipinski definition) is 7. The van der Waals surface area contributed by atoms with E-state index in [1.54, 1.807) is 25.7 Å². The second-order valence-electron chi connectivity index (χ2n) is 20.6. The Morgan fingerprint density at radius 2 is 1.56 bits per heavy atom. The van der Waals surface area contributed by atoms with Crippen molar-refractivity contribution >= 4 is 39.4 Å². The number of amides is 5. The van der Waals surface area contributed by atoms with Crippen LogP contribution < -0.4 is 21.3 Å². The summed E-state index contributed by atoms with van der Waals surface area (Å²) in [4.78, 5) is 71.6. The Morgan fingerprint density at radius 1 is 0.909 bits per heavy atom. The quantitative estimate of drug-likeness (QED) is 0.147. The molecule has 1 heterocycles. The minimum atomic E-state index is -3.63. The number of nitrogens with zero attached hydrogens (tertiary/aromatic N) is 1. The van der Waals surface area contributed by atoms with E-state index in [2.05, 4.69) is 55.5 Å². The van der Waals surface area contributed by atoms with Crippen LogP contribution in [0.1, 0.15) is 126 Å². The van der Waals surface area contributed by atoms with Gasteiger partial charge in [0, 0.05) is 13.1 Å². The smallest absolute Gasteiger partial charge is 0.315 e. The van der Waals surface area contributed by atoms with E-state index in [0.29, 0.717) is 38.1 Å². The Morgan fingerprint density at radius 3 is 2.13 bits per heavy atom. The van der Waals surface area contributed by atoms with E-state index in [0.717, 1.165) is 44.9 Å². The van der Waals surface area contributed by atoms with Crippen molar-refractivity contribution in [3.8, 4) is 0 Å². The molecule has 0 aromatic carbocycles. The number of likely N-dealkylation sites (tertiary alicyclic amines) is 1. The largest absolute Gasteiger partial charge is 0.346 e. The number of ketones is 1. The summed E-state index contributed by atoms with van der Waals surface area (Å²) in [5.74, 6) is -1.83. The lowest BCUT2D eigenvalue weighted by atomic mass is 9.43. The first-order valence-corrected chi connectivity index (χ1v) is 22.5. The summed E-state index contributed by atoms with van der Waals surface area (Å²) >= 11 is 0. The molecule has 6 aliphatic carbocycles. The van der Waals surface area contributed by atoms with E-state index < -0.39 is 67.3 Å². The van der Waals surface area contributed by atoms with Crippen molar-refractivity contribution < 1.29 is 32.4 Å². The molecule has 0 radical (unpaired) electrons. The molecule has 1 unspecified atom stereocenters. The monoisotopic (exact) mass is 785 g/mol. The summed E-state index contributed by atoms with van der Waals surface area (Å²) in [5, 5.41) is 11.8. The Balaban J connectivity index is 1.27. The number of nitrogens with one attached hydrogen (secondary N) is 4. The molecule has 13 heteroatoms. The third-order valence-electron chi connectivity index (χ3n) is 15.3. The molecule has 7 fully saturated rings. The van der Waals surface area contributed by atoms with E-state index in [1.807, 2.05) is 6.92 Å². The average molecular weight is 786 g/mol. The van der Waals surface area contributed by atoms with Crippen LogP contribution >= 0.6 is 0 Å². The standard InChI is InChI=1S/C42H67N5O7S/c1-10-20-43-35(50)32(48)28(21-25-14-15-25)44-34(49)31-30-27(40(30,7)8)23-47(31)36(51)33(41(9)17-12-11-13-18-41)45-37(52)46-42(24-55(53,54)38(2,3)4)19-16-26-22-29(42)39(26,5)6/h10,25-31,33H,1,11-24H2,2-9H3,(H,43,50)(H,44,49)(H2,45,46,52)/t26-,27-,28?,29+,30-,31-,33+,42-/m0/s1. The average Bonchev–Trinajstić information content (AvgIpc) is 3.95. The second-order valence-corrected chi connectivity index (χ2v) is 23.4. The molecule has 0 aromatic heterocycles. The van der Waals surface area contributed by atoms with Crippen LogP contribution in [0.25, 0.3) is 0 Å². The van der Waals surface area contributed by atoms with E-state index in [-0.39, 0.29) is 52.7 Å². The van der Waals surface area contributed by atoms with Crippen molar-refractivity contribution in [3.05, 3.63) is 12.7 Å². The van der Waals surface area contributed by atoms with Gasteiger partial charge in [-0.05, 0) is 105 Å². The molecule has 12 nitrogen and oxygen atoms in total. The zero-order chi connectivity index (χ0) is 40.5. The highest BCUT2D eigenvalue weighted by Crippen LogP contribution is 2.65. The summed E-state index contributed by atoms with van der Waals surface area (Å²) in [7, 11) is -3.63. The first kappa shape index (κ1) is 41.7. The fourth-order valence-electron chi connectivity index (χ4n) is 11.1. The second kappa shape index (κ2) is 14.5. The molecule has 4 N–H and O–H groups in total. The summed E-state index contributed by atoms with van der Waals surface area (Å²) in [6.45, 7) is 19.7. The number of urea groups is 1. The predicted octanol–water partition coefficient (Wildman–Crippen LogP) is 4.67. The van der Waals surface area contributed by atoms with E-state index in [4.69, 9.17) is 0 Å². The van der Waals surface area contributed by atoms with Gasteiger partial charge in [0.15, 0.2) is 9.84 Å². The SMILES string of the molecule is C=CCNC(=O)C(=O)C(CC1CC1)NC(=O)[C@@H]1[C@@H]2[C@H](CN1C(=O)[C@@H](NC(=O)N[C@]1(CS(=O)(=O)C(C)(C)C)CC[C@H]3C[C@@H]1C3(C)C)C1(C)CCCCC1)C2(C)C. The van der Waals surface area contributed by atoms with Gasteiger partial charge in [0.2, 0.25) is 17.6 Å². The molecule has 6 saturated carbocycles. The van der Waals surface area contributed by atoms with Crippen LogP contribution in [0.15, 0.2) is 12.7 Å². The number of carbonyl (C=O) groups is 5. The summed E-state index contributed by atoms with van der Waals surface area (Å²) in [6, 6.07) is -3.39. The van der Waals surface area contributed by atoms with E-state index >= 15 is 4.79 Å². The van der Waals surface area contributed by atoms with Crippen molar-refractivity contribution in [2.75, 3.05) is 18.8 Å². The lowest BCUT2D eigenvalue weighted by molar-refractivity contribution is -0.146. The number of piperidine rings is 1. The highest BCUT2D eigenvalue weighted by atomic mass is 32.2. The van der Waals surface area contributed by atoms with Crippen molar-refractivity contribution in [1.29, 1.82) is 0 Å². The van der Waals surface area contributed by atoms with E-state index in [9.17, 15) is 27.6 Å². The highest BCUT2D eigenvalue weighted by molar-refractivity contribution is 7.92. The van der Waals surface area contributed by atoms with Gasteiger partial charge in [0.25, 0.3) is 5.91 Å². The molecule has 308 valence electrons. The minimum Gasteiger partial charge on any atom is -0.346 e. The summed E-state index contributed by atoms with van der Waals surface area (Å²) in [5.41, 5.74) is -1.93. The fraction of sp³-hybridized carbons (Fsp3) is 0.833. The summed E-state index contributed by atoms with van der Waals surface area (Å²) in [6.07, 6.45) is 10.2. The molecular weight excluding hydrogens is 719 g/mol. The maximum atomic E-state index is 15.1. The summed E-state index contributed by atoms with van der Waals surface area (Å²) < 4.78 is 26.6. The Hall–Kier alpha value is -2.96. The van der Waals surface area contributed by atoms with Crippen LogP contribution in [0, 0.1) is 45.8 Å². The fourth-order valence-corrected chi connectivity index (χ4v) is 12.6. The topological polar surface area (TPSA) is 171 Å². The first-order chi connectivity index (χ1) is 25.5. The van der Waals surface area contributed by atoms with Crippen LogP contribution in [0.4, 0.5) is 4.79 Å². The zero-order valence-corrected chi connectivity index (χ0v) is 35.3. The van der Waals surface area contributed by atoms with Gasteiger partial charge in [-0.3, -0.25) is 19.2 Å². The van der Waals surface area contributed by atoms with Crippen molar-refractivity contribution in [2.45, 2.75) is 154 Å². The maximum absolute atomic E-state index is 15.1. The number of fused-ring (bicyclic) bond motifs is 3. The molecule has 8 atom stereocenters. The molecule has 2 bridgehead atoms. The van der Waals surface area contributed by atoms with Crippen molar-refractivity contribution in [3.63, 3.8) is 0 Å². The van der Waals surface area contributed by atoms with Crippen LogP contribution in [0.2, 0.25) is 0 Å². The lowest BCUT2D eigenvalue weighted by Crippen LogP contribution is -2.72. The Kier molecular flexibility index (Phi) is 10.9. The molecule has 0 aromatic rings. The molecule has 1 saturated heterocycles. The van der Waals surface area contributed by atoms with Gasteiger partial charge in [-0.2, -0.15) is 0 Å². The molecular formula is C42H67N5O7S. The van der Waals surface area contributed by atoms with Gasteiger partial charge in [0.05, 0.1) is 22.1 Å². The zero-order valence-electron chi connectivity index (χ0n) is 34.5. The Bertz CT molecular complexity index is 1690. The number of sulfone groups is 1. The van der Waals surface area contributed by atoms with Gasteiger partial charge in [-0.1, -0.05) is 72.8 Å². The van der Waals surface area contributed by atoms with Crippen LogP contribution in [-0.2, 0) is 29.0 Å². The van der Waals surface area contributed by atoms with Crippen LogP contribution in [0.5, 0.6) is 0 Å². The molecule has 5 amide bonds. The molecule has 7 rings (SSSR count). The minimum absolute atomic E-state index is 0.0350. The number of carbonyl (C=O) groups excluding carboxylic acids is 5.